The summed E-state index contributed by atoms with van der Waals surface area (Å²) in [6.07, 6.45) is 2.27. The molecular weight excluding hydrogens is 275 g/mol. The molecule has 1 rings (SSSR count). The van der Waals surface area contributed by atoms with Gasteiger partial charge in [0.25, 0.3) is 0 Å². The number of benzene rings is 1. The Kier molecular flexibility index (Phi) is 5.90. The smallest absolute Gasteiger partial charge is 0.328 e. The maximum absolute atomic E-state index is 13.4. The molecule has 0 atom stereocenters. The molecule has 1 amide bonds. The molecule has 21 heavy (non-hydrogen) atoms. The third-order valence-corrected chi connectivity index (χ3v) is 2.94. The molecule has 0 aromatic heterocycles. The van der Waals surface area contributed by atoms with Gasteiger partial charge in [-0.1, -0.05) is 0 Å². The molecule has 114 valence electrons. The molecular formula is C15H19FN2O3. The van der Waals surface area contributed by atoms with E-state index in [0.717, 1.165) is 6.08 Å². The lowest BCUT2D eigenvalue weighted by Gasteiger charge is -2.25. The van der Waals surface area contributed by atoms with Crippen molar-refractivity contribution >= 4 is 23.6 Å². The van der Waals surface area contributed by atoms with Crippen molar-refractivity contribution < 1.29 is 19.1 Å². The Bertz CT molecular complexity index is 556. The number of anilines is 1. The van der Waals surface area contributed by atoms with Crippen molar-refractivity contribution in [2.75, 3.05) is 32.1 Å². The van der Waals surface area contributed by atoms with E-state index < -0.39 is 11.8 Å². The van der Waals surface area contributed by atoms with Gasteiger partial charge in [-0.2, -0.15) is 0 Å². The number of amides is 1. The number of carbonyl (C=O) groups is 2. The van der Waals surface area contributed by atoms with Gasteiger partial charge >= 0.3 is 5.97 Å². The highest BCUT2D eigenvalue weighted by atomic mass is 19.1. The second-order valence-corrected chi connectivity index (χ2v) is 4.68. The van der Waals surface area contributed by atoms with Gasteiger partial charge in [-0.15, -0.1) is 0 Å². The number of hydrogen-bond donors (Lipinski definition) is 1. The van der Waals surface area contributed by atoms with E-state index >= 15 is 0 Å². The topological polar surface area (TPSA) is 60.9 Å². The van der Waals surface area contributed by atoms with Crippen LogP contribution in [0.25, 0.3) is 6.08 Å². The standard InChI is InChI=1S/C15H19FN2O3/c1-4-18(10-14(19)17(2)3)13-7-6-12(16)9-11(13)5-8-15(20)21/h5-9H,4,10H2,1-3H3,(H,20,21). The molecule has 0 fully saturated rings. The van der Waals surface area contributed by atoms with Crippen LogP contribution in [0, 0.1) is 5.82 Å². The summed E-state index contributed by atoms with van der Waals surface area (Å²) in [7, 11) is 3.32. The number of likely N-dealkylation sites (N-methyl/N-ethyl adjacent to an activating group) is 2. The van der Waals surface area contributed by atoms with Crippen LogP contribution in [0.3, 0.4) is 0 Å². The molecule has 6 heteroatoms. The summed E-state index contributed by atoms with van der Waals surface area (Å²) in [5, 5.41) is 8.69. The maximum Gasteiger partial charge on any atom is 0.328 e. The van der Waals surface area contributed by atoms with Crippen LogP contribution in [0.15, 0.2) is 24.3 Å². The quantitative estimate of drug-likeness (QED) is 0.813. The van der Waals surface area contributed by atoms with Crippen molar-refractivity contribution in [1.82, 2.24) is 4.90 Å². The fourth-order valence-electron chi connectivity index (χ4n) is 1.78. The summed E-state index contributed by atoms with van der Waals surface area (Å²) in [5.74, 6) is -1.66. The zero-order chi connectivity index (χ0) is 16.0. The summed E-state index contributed by atoms with van der Waals surface area (Å²) in [5.41, 5.74) is 1.04. The van der Waals surface area contributed by atoms with E-state index in [1.54, 1.807) is 25.1 Å². The first kappa shape index (κ1) is 16.7. The normalized spacial score (nSPS) is 10.7. The molecule has 1 aromatic rings. The van der Waals surface area contributed by atoms with Gasteiger partial charge in [0.1, 0.15) is 5.82 Å². The van der Waals surface area contributed by atoms with Crippen LogP contribution >= 0.6 is 0 Å². The number of hydrogen-bond acceptors (Lipinski definition) is 3. The predicted molar refractivity (Wildman–Crippen MR) is 79.7 cm³/mol. The Labute approximate surface area is 123 Å². The number of carboxylic acid groups (broad SMARTS) is 1. The zero-order valence-electron chi connectivity index (χ0n) is 12.3. The zero-order valence-corrected chi connectivity index (χ0v) is 12.3. The second kappa shape index (κ2) is 7.42. The molecule has 0 radical (unpaired) electrons. The first-order valence-corrected chi connectivity index (χ1v) is 6.50. The van der Waals surface area contributed by atoms with Gasteiger partial charge in [-0.25, -0.2) is 9.18 Å². The van der Waals surface area contributed by atoms with Gasteiger partial charge in [-0.05, 0) is 31.2 Å². The number of carbonyl (C=O) groups excluding carboxylic acids is 1. The number of nitrogens with zero attached hydrogens (tertiary/aromatic N) is 2. The Morgan fingerprint density at radius 3 is 2.52 bits per heavy atom. The van der Waals surface area contributed by atoms with Crippen molar-refractivity contribution in [3.05, 3.63) is 35.7 Å². The minimum Gasteiger partial charge on any atom is -0.478 e. The minimum absolute atomic E-state index is 0.0886. The van der Waals surface area contributed by atoms with Crippen molar-refractivity contribution in [3.8, 4) is 0 Å². The van der Waals surface area contributed by atoms with Crippen LogP contribution in [0.1, 0.15) is 12.5 Å². The monoisotopic (exact) mass is 294 g/mol. The SMILES string of the molecule is CCN(CC(=O)N(C)C)c1ccc(F)cc1C=CC(=O)O. The fourth-order valence-corrected chi connectivity index (χ4v) is 1.78. The second-order valence-electron chi connectivity index (χ2n) is 4.68. The highest BCUT2D eigenvalue weighted by molar-refractivity contribution is 5.88. The van der Waals surface area contributed by atoms with E-state index in [1.807, 2.05) is 6.92 Å². The van der Waals surface area contributed by atoms with Crippen LogP contribution < -0.4 is 4.90 Å². The number of rotatable bonds is 6. The number of carboxylic acids is 1. The lowest BCUT2D eigenvalue weighted by atomic mass is 10.1. The van der Waals surface area contributed by atoms with E-state index in [-0.39, 0.29) is 12.5 Å². The van der Waals surface area contributed by atoms with Crippen molar-refractivity contribution in [2.24, 2.45) is 0 Å². The molecule has 0 saturated carbocycles. The average molecular weight is 294 g/mol. The van der Waals surface area contributed by atoms with Gasteiger partial charge in [-0.3, -0.25) is 4.79 Å². The van der Waals surface area contributed by atoms with Crippen molar-refractivity contribution in [2.45, 2.75) is 6.92 Å². The predicted octanol–water partition coefficient (Wildman–Crippen LogP) is 1.84. The first-order valence-electron chi connectivity index (χ1n) is 6.50. The summed E-state index contributed by atoms with van der Waals surface area (Å²) < 4.78 is 13.4. The summed E-state index contributed by atoms with van der Waals surface area (Å²) in [4.78, 5) is 25.7. The van der Waals surface area contributed by atoms with Gasteiger partial charge in [0.2, 0.25) is 5.91 Å². The van der Waals surface area contributed by atoms with E-state index in [0.29, 0.717) is 17.8 Å². The molecule has 1 N–H and O–H groups in total. The minimum atomic E-state index is -1.11. The summed E-state index contributed by atoms with van der Waals surface area (Å²) in [6, 6.07) is 4.08. The summed E-state index contributed by atoms with van der Waals surface area (Å²) in [6.45, 7) is 2.55. The molecule has 0 bridgehead atoms. The van der Waals surface area contributed by atoms with E-state index in [9.17, 15) is 14.0 Å². The lowest BCUT2D eigenvalue weighted by molar-refractivity contribution is -0.131. The maximum atomic E-state index is 13.4. The third-order valence-electron chi connectivity index (χ3n) is 2.94. The van der Waals surface area contributed by atoms with Gasteiger partial charge < -0.3 is 14.9 Å². The molecule has 5 nitrogen and oxygen atoms in total. The van der Waals surface area contributed by atoms with E-state index in [2.05, 4.69) is 0 Å². The molecule has 0 saturated heterocycles. The Hall–Kier alpha value is -2.37. The Balaban J connectivity index is 3.13. The van der Waals surface area contributed by atoms with Crippen LogP contribution in [-0.4, -0.2) is 49.1 Å². The van der Waals surface area contributed by atoms with Crippen LogP contribution in [-0.2, 0) is 9.59 Å². The molecule has 0 aliphatic heterocycles. The highest BCUT2D eigenvalue weighted by Crippen LogP contribution is 2.23. The van der Waals surface area contributed by atoms with Gasteiger partial charge in [0.05, 0.1) is 6.54 Å². The average Bonchev–Trinajstić information content (AvgIpc) is 2.42. The van der Waals surface area contributed by atoms with Crippen LogP contribution in [0.2, 0.25) is 0 Å². The molecule has 0 heterocycles. The number of aliphatic carboxylic acids is 1. The Morgan fingerprint density at radius 1 is 1.33 bits per heavy atom. The first-order chi connectivity index (χ1) is 9.85. The molecule has 1 aromatic carbocycles. The molecule has 0 spiro atoms. The van der Waals surface area contributed by atoms with Gasteiger partial charge in [0.15, 0.2) is 0 Å². The van der Waals surface area contributed by atoms with Crippen LogP contribution in [0.4, 0.5) is 10.1 Å². The summed E-state index contributed by atoms with van der Waals surface area (Å²) >= 11 is 0. The highest BCUT2D eigenvalue weighted by Gasteiger charge is 2.14. The molecule has 0 aliphatic carbocycles. The van der Waals surface area contributed by atoms with Crippen LogP contribution in [0.5, 0.6) is 0 Å². The van der Waals surface area contributed by atoms with Crippen molar-refractivity contribution in [3.63, 3.8) is 0 Å². The number of halogens is 1. The van der Waals surface area contributed by atoms with Crippen molar-refractivity contribution in [1.29, 1.82) is 0 Å². The van der Waals surface area contributed by atoms with E-state index in [4.69, 9.17) is 5.11 Å². The molecule has 0 unspecified atom stereocenters. The largest absolute Gasteiger partial charge is 0.478 e. The van der Waals surface area contributed by atoms with Gasteiger partial charge in [0, 0.05) is 38.0 Å². The molecule has 0 aliphatic rings. The third kappa shape index (κ3) is 4.91. The Morgan fingerprint density at radius 2 is 2.00 bits per heavy atom. The fraction of sp³-hybridized carbons (Fsp3) is 0.333. The lowest BCUT2D eigenvalue weighted by Crippen LogP contribution is -2.36. The van der Waals surface area contributed by atoms with E-state index in [1.165, 1.54) is 23.1 Å².